The van der Waals surface area contributed by atoms with Crippen molar-refractivity contribution in [2.24, 2.45) is 5.92 Å². The van der Waals surface area contributed by atoms with Gasteiger partial charge >= 0.3 is 0 Å². The summed E-state index contributed by atoms with van der Waals surface area (Å²) in [5.74, 6) is 3.38. The number of hydrogen-bond donors (Lipinski definition) is 1. The van der Waals surface area contributed by atoms with Gasteiger partial charge in [-0.3, -0.25) is 0 Å². The molecule has 0 saturated heterocycles. The van der Waals surface area contributed by atoms with Gasteiger partial charge in [-0.2, -0.15) is 0 Å². The van der Waals surface area contributed by atoms with Crippen LogP contribution in [-0.4, -0.2) is 26.5 Å². The van der Waals surface area contributed by atoms with Crippen molar-refractivity contribution in [1.82, 2.24) is 5.32 Å². The van der Waals surface area contributed by atoms with Gasteiger partial charge in [-0.25, -0.2) is 0 Å². The lowest BCUT2D eigenvalue weighted by Crippen LogP contribution is -2.28. The quantitative estimate of drug-likeness (QED) is 0.242. The maximum atomic E-state index is 6.05. The summed E-state index contributed by atoms with van der Waals surface area (Å²) >= 11 is 0. The molecule has 188 valence electrons. The van der Waals surface area contributed by atoms with Crippen LogP contribution in [0.15, 0.2) is 72.8 Å². The van der Waals surface area contributed by atoms with E-state index in [1.165, 1.54) is 54.4 Å². The fourth-order valence-electron chi connectivity index (χ4n) is 5.39. The molecule has 1 saturated carbocycles. The van der Waals surface area contributed by atoms with E-state index in [2.05, 4.69) is 79.0 Å². The first-order valence-electron chi connectivity index (χ1n) is 13.4. The van der Waals surface area contributed by atoms with Gasteiger partial charge < -0.3 is 19.5 Å². The molecule has 1 fully saturated rings. The average Bonchev–Trinajstić information content (AvgIpc) is 3.41. The Morgan fingerprint density at radius 2 is 1.56 bits per heavy atom. The number of allylic oxidation sites excluding steroid dienone is 1. The lowest BCUT2D eigenvalue weighted by molar-refractivity contribution is 0.174. The lowest BCUT2D eigenvalue weighted by Gasteiger charge is -2.21. The van der Waals surface area contributed by atoms with E-state index in [1.807, 2.05) is 6.07 Å². The van der Waals surface area contributed by atoms with E-state index in [-0.39, 0.29) is 6.79 Å². The molecule has 1 aliphatic heterocycles. The van der Waals surface area contributed by atoms with Crippen LogP contribution in [0.2, 0.25) is 0 Å². The van der Waals surface area contributed by atoms with Crippen LogP contribution >= 0.6 is 0 Å². The van der Waals surface area contributed by atoms with Gasteiger partial charge in [0.2, 0.25) is 6.79 Å². The molecule has 4 heteroatoms. The number of nitrogens with one attached hydrogen (secondary N) is 1. The van der Waals surface area contributed by atoms with E-state index in [0.717, 1.165) is 48.2 Å². The molecule has 5 rings (SSSR count). The van der Waals surface area contributed by atoms with E-state index in [1.54, 1.807) is 0 Å². The van der Waals surface area contributed by atoms with Gasteiger partial charge in [-0.05, 0) is 83.8 Å². The van der Waals surface area contributed by atoms with Gasteiger partial charge in [0.25, 0.3) is 0 Å². The first kappa shape index (κ1) is 24.5. The molecule has 0 unspecified atom stereocenters. The van der Waals surface area contributed by atoms with Crippen LogP contribution in [0.25, 0.3) is 11.1 Å². The van der Waals surface area contributed by atoms with Crippen molar-refractivity contribution < 1.29 is 14.2 Å². The summed E-state index contributed by atoms with van der Waals surface area (Å²) in [6.07, 6.45) is 7.84. The van der Waals surface area contributed by atoms with Crippen LogP contribution in [-0.2, 0) is 0 Å². The van der Waals surface area contributed by atoms with Gasteiger partial charge in [-0.15, -0.1) is 0 Å². The Balaban J connectivity index is 1.31. The average molecular weight is 484 g/mol. The van der Waals surface area contributed by atoms with E-state index in [4.69, 9.17) is 14.2 Å². The molecular formula is C32H37NO3. The second kappa shape index (κ2) is 12.1. The van der Waals surface area contributed by atoms with Crippen LogP contribution in [0.3, 0.4) is 0 Å². The highest BCUT2D eigenvalue weighted by atomic mass is 16.7. The van der Waals surface area contributed by atoms with Crippen LogP contribution in [0.5, 0.6) is 17.2 Å². The molecular weight excluding hydrogens is 446 g/mol. The fraction of sp³-hybridized carbons (Fsp3) is 0.375. The Morgan fingerprint density at radius 1 is 0.833 bits per heavy atom. The second-order valence-corrected chi connectivity index (χ2v) is 9.72. The summed E-state index contributed by atoms with van der Waals surface area (Å²) in [4.78, 5) is 0. The van der Waals surface area contributed by atoms with Gasteiger partial charge in [0, 0.05) is 6.54 Å². The Labute approximate surface area is 215 Å². The van der Waals surface area contributed by atoms with Crippen molar-refractivity contribution in [2.45, 2.75) is 45.4 Å². The third kappa shape index (κ3) is 5.93. The van der Waals surface area contributed by atoms with E-state index in [9.17, 15) is 0 Å². The smallest absolute Gasteiger partial charge is 0.231 e. The molecule has 0 atom stereocenters. The van der Waals surface area contributed by atoms with Gasteiger partial charge in [0.1, 0.15) is 12.4 Å². The third-order valence-corrected chi connectivity index (χ3v) is 7.29. The Kier molecular flexibility index (Phi) is 8.24. The zero-order valence-electron chi connectivity index (χ0n) is 21.3. The lowest BCUT2D eigenvalue weighted by atomic mass is 9.88. The number of rotatable bonds is 10. The molecule has 2 aliphatic rings. The van der Waals surface area contributed by atoms with Crippen molar-refractivity contribution in [3.63, 3.8) is 0 Å². The molecule has 36 heavy (non-hydrogen) atoms. The molecule has 0 spiro atoms. The maximum Gasteiger partial charge on any atom is 0.231 e. The molecule has 4 nitrogen and oxygen atoms in total. The van der Waals surface area contributed by atoms with Crippen molar-refractivity contribution in [3.8, 4) is 17.2 Å². The minimum absolute atomic E-state index is 0.285. The predicted molar refractivity (Wildman–Crippen MR) is 147 cm³/mol. The second-order valence-electron chi connectivity index (χ2n) is 9.72. The summed E-state index contributed by atoms with van der Waals surface area (Å²) in [5.41, 5.74) is 6.05. The van der Waals surface area contributed by atoms with Gasteiger partial charge in [-0.1, -0.05) is 74.7 Å². The van der Waals surface area contributed by atoms with Crippen molar-refractivity contribution in [2.75, 3.05) is 26.5 Å². The van der Waals surface area contributed by atoms with E-state index >= 15 is 0 Å². The minimum atomic E-state index is 0.285. The van der Waals surface area contributed by atoms with Crippen molar-refractivity contribution >= 4 is 11.1 Å². The summed E-state index contributed by atoms with van der Waals surface area (Å²) < 4.78 is 17.2. The summed E-state index contributed by atoms with van der Waals surface area (Å²) in [6.45, 7) is 5.18. The largest absolute Gasteiger partial charge is 0.492 e. The predicted octanol–water partition coefficient (Wildman–Crippen LogP) is 7.33. The molecule has 0 aromatic heterocycles. The highest BCUT2D eigenvalue weighted by molar-refractivity contribution is 5.98. The molecule has 3 aromatic rings. The van der Waals surface area contributed by atoms with Crippen molar-refractivity contribution in [3.05, 3.63) is 89.5 Å². The normalized spacial score (nSPS) is 16.0. The van der Waals surface area contributed by atoms with E-state index < -0.39 is 0 Å². The zero-order chi connectivity index (χ0) is 24.6. The minimum Gasteiger partial charge on any atom is -0.492 e. The molecule has 1 aliphatic carbocycles. The topological polar surface area (TPSA) is 39.7 Å². The standard InChI is InChI=1S/C32H37NO3/c1-2-29(27-15-18-30-31(21-27)36-23-35-30)32(25-11-7-4-8-12-25)26-13-16-28(17-14-26)34-20-19-33-22-24-9-5-3-6-10-24/h4,7-8,11-18,21,24,33H,2-3,5-6,9-10,19-20,22-23H2,1H3. The molecule has 0 radical (unpaired) electrons. The third-order valence-electron chi connectivity index (χ3n) is 7.29. The fourth-order valence-corrected chi connectivity index (χ4v) is 5.39. The molecule has 0 bridgehead atoms. The summed E-state index contributed by atoms with van der Waals surface area (Å²) in [5, 5.41) is 3.58. The highest BCUT2D eigenvalue weighted by Gasteiger charge is 2.18. The monoisotopic (exact) mass is 483 g/mol. The molecule has 0 amide bonds. The SMILES string of the molecule is CCC(=C(c1ccccc1)c1ccc(OCCNCC2CCCCC2)cc1)c1ccc2c(c1)OCO2. The first-order valence-corrected chi connectivity index (χ1v) is 13.4. The summed E-state index contributed by atoms with van der Waals surface area (Å²) in [7, 11) is 0. The van der Waals surface area contributed by atoms with Crippen LogP contribution in [0.4, 0.5) is 0 Å². The molecule has 1 N–H and O–H groups in total. The molecule has 3 aromatic carbocycles. The number of fused-ring (bicyclic) bond motifs is 1. The highest BCUT2D eigenvalue weighted by Crippen LogP contribution is 2.39. The Morgan fingerprint density at radius 3 is 2.33 bits per heavy atom. The first-order chi connectivity index (χ1) is 17.8. The summed E-state index contributed by atoms with van der Waals surface area (Å²) in [6, 6.07) is 25.4. The number of hydrogen-bond acceptors (Lipinski definition) is 4. The maximum absolute atomic E-state index is 6.05. The van der Waals surface area contributed by atoms with E-state index in [0.29, 0.717) is 6.61 Å². The molecule has 1 heterocycles. The Bertz CT molecular complexity index is 1150. The number of ether oxygens (including phenoxy) is 3. The van der Waals surface area contributed by atoms with Crippen LogP contribution in [0, 0.1) is 5.92 Å². The van der Waals surface area contributed by atoms with Crippen LogP contribution < -0.4 is 19.5 Å². The van der Waals surface area contributed by atoms with Crippen molar-refractivity contribution in [1.29, 1.82) is 0 Å². The Hall–Kier alpha value is -3.24. The van der Waals surface area contributed by atoms with Gasteiger partial charge in [0.15, 0.2) is 11.5 Å². The van der Waals surface area contributed by atoms with Gasteiger partial charge in [0.05, 0.1) is 0 Å². The van der Waals surface area contributed by atoms with Crippen LogP contribution in [0.1, 0.15) is 62.1 Å². The zero-order valence-corrected chi connectivity index (χ0v) is 21.3. The number of benzene rings is 3.